The number of aryl methyl sites for hydroxylation is 1. The summed E-state index contributed by atoms with van der Waals surface area (Å²) in [5, 5.41) is 8.21. The van der Waals surface area contributed by atoms with Crippen LogP contribution in [0, 0.1) is 12.8 Å². The number of nitrogens with zero attached hydrogens (tertiary/aromatic N) is 3. The van der Waals surface area contributed by atoms with Crippen molar-refractivity contribution in [3.63, 3.8) is 0 Å². The van der Waals surface area contributed by atoms with Crippen LogP contribution in [0.25, 0.3) is 4.96 Å². The van der Waals surface area contributed by atoms with Crippen molar-refractivity contribution in [3.8, 4) is 0 Å². The monoisotopic (exact) mass is 266 g/mol. The Morgan fingerprint density at radius 3 is 3.33 bits per heavy atom. The molecule has 18 heavy (non-hydrogen) atoms. The van der Waals surface area contributed by atoms with Crippen LogP contribution in [-0.2, 0) is 4.74 Å². The number of aromatic nitrogens is 3. The van der Waals surface area contributed by atoms with Crippen molar-refractivity contribution in [3.05, 3.63) is 22.1 Å². The van der Waals surface area contributed by atoms with Crippen LogP contribution < -0.4 is 10.9 Å². The number of hydrogen-bond acceptors (Lipinski definition) is 6. The van der Waals surface area contributed by atoms with Gasteiger partial charge in [0.05, 0.1) is 6.61 Å². The first-order valence-corrected chi connectivity index (χ1v) is 6.73. The van der Waals surface area contributed by atoms with Crippen molar-refractivity contribution in [2.75, 3.05) is 25.1 Å². The standard InChI is InChI=1S/C11H14N4O2S/c1-7-4-9(16)15-11(13-7)18-10(14-15)12-5-8-2-3-17-6-8/h4,8H,2-3,5-6H2,1H3,(H,12,14). The molecule has 7 heteroatoms. The molecule has 0 bridgehead atoms. The summed E-state index contributed by atoms with van der Waals surface area (Å²) < 4.78 is 6.65. The van der Waals surface area contributed by atoms with E-state index in [1.807, 2.05) is 6.92 Å². The molecular formula is C11H14N4O2S. The van der Waals surface area contributed by atoms with Crippen LogP contribution in [0.1, 0.15) is 12.1 Å². The molecule has 96 valence electrons. The van der Waals surface area contributed by atoms with Crippen LogP contribution in [0.5, 0.6) is 0 Å². The largest absolute Gasteiger partial charge is 0.381 e. The third-order valence-corrected chi connectivity index (χ3v) is 3.81. The molecule has 0 radical (unpaired) electrons. The number of anilines is 1. The SMILES string of the molecule is Cc1cc(=O)n2nc(NCC3CCOC3)sc2n1. The van der Waals surface area contributed by atoms with E-state index in [4.69, 9.17) is 4.74 Å². The number of rotatable bonds is 3. The first kappa shape index (κ1) is 11.6. The second-order valence-corrected chi connectivity index (χ2v) is 5.40. The average molecular weight is 266 g/mol. The van der Waals surface area contributed by atoms with Gasteiger partial charge in [0.15, 0.2) is 0 Å². The fourth-order valence-electron chi connectivity index (χ4n) is 1.97. The van der Waals surface area contributed by atoms with Gasteiger partial charge in [-0.1, -0.05) is 11.3 Å². The Morgan fingerprint density at radius 1 is 1.67 bits per heavy atom. The van der Waals surface area contributed by atoms with E-state index < -0.39 is 0 Å². The maximum absolute atomic E-state index is 11.7. The number of fused-ring (bicyclic) bond motifs is 1. The number of hydrogen-bond donors (Lipinski definition) is 1. The van der Waals surface area contributed by atoms with E-state index >= 15 is 0 Å². The maximum Gasteiger partial charge on any atom is 0.275 e. The van der Waals surface area contributed by atoms with Crippen molar-refractivity contribution in [1.82, 2.24) is 14.6 Å². The summed E-state index contributed by atoms with van der Waals surface area (Å²) in [5.74, 6) is 0.531. The molecule has 1 N–H and O–H groups in total. The fourth-order valence-corrected chi connectivity index (χ4v) is 2.83. The zero-order valence-electron chi connectivity index (χ0n) is 10.0. The minimum Gasteiger partial charge on any atom is -0.381 e. The summed E-state index contributed by atoms with van der Waals surface area (Å²) in [7, 11) is 0. The summed E-state index contributed by atoms with van der Waals surface area (Å²) in [4.78, 5) is 16.6. The second kappa shape index (κ2) is 4.66. The third-order valence-electron chi connectivity index (χ3n) is 2.94. The molecule has 0 amide bonds. The molecule has 0 aromatic carbocycles. The maximum atomic E-state index is 11.7. The van der Waals surface area contributed by atoms with Crippen LogP contribution in [-0.4, -0.2) is 34.4 Å². The molecule has 1 aliphatic rings. The molecule has 1 saturated heterocycles. The Balaban J connectivity index is 1.80. The van der Waals surface area contributed by atoms with E-state index in [0.717, 1.165) is 37.0 Å². The zero-order valence-corrected chi connectivity index (χ0v) is 10.9. The van der Waals surface area contributed by atoms with E-state index in [2.05, 4.69) is 15.4 Å². The third kappa shape index (κ3) is 2.23. The van der Waals surface area contributed by atoms with Crippen molar-refractivity contribution < 1.29 is 4.74 Å². The van der Waals surface area contributed by atoms with Crippen LogP contribution in [0.2, 0.25) is 0 Å². The van der Waals surface area contributed by atoms with E-state index in [-0.39, 0.29) is 5.56 Å². The smallest absolute Gasteiger partial charge is 0.275 e. The Bertz CT molecular complexity index is 615. The van der Waals surface area contributed by atoms with Gasteiger partial charge in [-0.15, -0.1) is 5.10 Å². The second-order valence-electron chi connectivity index (χ2n) is 4.45. The van der Waals surface area contributed by atoms with Gasteiger partial charge in [-0.2, -0.15) is 4.52 Å². The molecule has 1 fully saturated rings. The Hall–Kier alpha value is -1.47. The molecule has 0 saturated carbocycles. The van der Waals surface area contributed by atoms with Crippen molar-refractivity contribution in [2.24, 2.45) is 5.92 Å². The van der Waals surface area contributed by atoms with Gasteiger partial charge in [0.25, 0.3) is 5.56 Å². The highest BCUT2D eigenvalue weighted by Gasteiger charge is 2.16. The molecule has 0 spiro atoms. The highest BCUT2D eigenvalue weighted by molar-refractivity contribution is 7.20. The van der Waals surface area contributed by atoms with Crippen LogP contribution in [0.4, 0.5) is 5.13 Å². The Labute approximate surface area is 108 Å². The Kier molecular flexibility index (Phi) is 3.00. The lowest BCUT2D eigenvalue weighted by molar-refractivity contribution is 0.187. The number of nitrogens with one attached hydrogen (secondary N) is 1. The zero-order chi connectivity index (χ0) is 12.5. The highest BCUT2D eigenvalue weighted by atomic mass is 32.1. The van der Waals surface area contributed by atoms with Gasteiger partial charge < -0.3 is 10.1 Å². The van der Waals surface area contributed by atoms with Crippen molar-refractivity contribution in [1.29, 1.82) is 0 Å². The van der Waals surface area contributed by atoms with E-state index in [1.165, 1.54) is 21.9 Å². The van der Waals surface area contributed by atoms with Gasteiger partial charge in [0, 0.05) is 30.8 Å². The minimum absolute atomic E-state index is 0.133. The lowest BCUT2D eigenvalue weighted by Gasteiger charge is -2.06. The van der Waals surface area contributed by atoms with Gasteiger partial charge in [0.1, 0.15) is 0 Å². The lowest BCUT2D eigenvalue weighted by atomic mass is 10.1. The molecule has 0 aliphatic carbocycles. The van der Waals surface area contributed by atoms with Crippen molar-refractivity contribution >= 4 is 21.4 Å². The van der Waals surface area contributed by atoms with E-state index in [1.54, 1.807) is 0 Å². The van der Waals surface area contributed by atoms with Crippen LogP contribution in [0.3, 0.4) is 0 Å². The van der Waals surface area contributed by atoms with Crippen LogP contribution in [0.15, 0.2) is 10.9 Å². The summed E-state index contributed by atoms with van der Waals surface area (Å²) in [5.41, 5.74) is 0.588. The average Bonchev–Trinajstić information content (AvgIpc) is 2.93. The first-order chi connectivity index (χ1) is 8.72. The minimum atomic E-state index is -0.133. The van der Waals surface area contributed by atoms with E-state index in [9.17, 15) is 4.79 Å². The quantitative estimate of drug-likeness (QED) is 0.894. The predicted molar refractivity (Wildman–Crippen MR) is 69.3 cm³/mol. The molecule has 1 aliphatic heterocycles. The van der Waals surface area contributed by atoms with Gasteiger partial charge >= 0.3 is 0 Å². The predicted octanol–water partition coefficient (Wildman–Crippen LogP) is 0.908. The molecule has 1 atom stereocenters. The van der Waals surface area contributed by atoms with Gasteiger partial charge in [-0.05, 0) is 13.3 Å². The molecular weight excluding hydrogens is 252 g/mol. The lowest BCUT2D eigenvalue weighted by Crippen LogP contribution is -2.16. The van der Waals surface area contributed by atoms with Gasteiger partial charge in [-0.3, -0.25) is 4.79 Å². The van der Waals surface area contributed by atoms with Crippen LogP contribution >= 0.6 is 11.3 Å². The van der Waals surface area contributed by atoms with Gasteiger partial charge in [0.2, 0.25) is 10.1 Å². The molecule has 1 unspecified atom stereocenters. The fraction of sp³-hybridized carbons (Fsp3) is 0.545. The molecule has 6 nitrogen and oxygen atoms in total. The van der Waals surface area contributed by atoms with Gasteiger partial charge in [-0.25, -0.2) is 4.98 Å². The number of ether oxygens (including phenoxy) is 1. The first-order valence-electron chi connectivity index (χ1n) is 5.91. The topological polar surface area (TPSA) is 68.5 Å². The highest BCUT2D eigenvalue weighted by Crippen LogP contribution is 2.18. The summed E-state index contributed by atoms with van der Waals surface area (Å²) in [6.45, 7) is 4.28. The normalized spacial score (nSPS) is 19.5. The summed E-state index contributed by atoms with van der Waals surface area (Å²) in [6.07, 6.45) is 1.08. The van der Waals surface area contributed by atoms with Crippen molar-refractivity contribution in [2.45, 2.75) is 13.3 Å². The Morgan fingerprint density at radius 2 is 2.56 bits per heavy atom. The van der Waals surface area contributed by atoms with E-state index in [0.29, 0.717) is 10.9 Å². The molecule has 2 aromatic heterocycles. The summed E-state index contributed by atoms with van der Waals surface area (Å²) in [6, 6.07) is 1.49. The molecule has 3 rings (SSSR count). The molecule has 2 aromatic rings. The molecule has 3 heterocycles. The summed E-state index contributed by atoms with van der Waals surface area (Å²) >= 11 is 1.40.